The van der Waals surface area contributed by atoms with E-state index in [1.54, 1.807) is 6.08 Å². The molecular formula is C22H25NO2. The molecule has 1 fully saturated rings. The van der Waals surface area contributed by atoms with Crippen molar-refractivity contribution < 1.29 is 9.53 Å². The van der Waals surface area contributed by atoms with Crippen molar-refractivity contribution in [2.24, 2.45) is 0 Å². The second-order valence-electron chi connectivity index (χ2n) is 6.39. The van der Waals surface area contributed by atoms with Gasteiger partial charge in [-0.3, -0.25) is 4.90 Å². The van der Waals surface area contributed by atoms with Crippen molar-refractivity contribution in [3.63, 3.8) is 0 Å². The summed E-state index contributed by atoms with van der Waals surface area (Å²) in [5, 5.41) is 0. The number of carbonyl (C=O) groups is 1. The maximum absolute atomic E-state index is 11.8. The van der Waals surface area contributed by atoms with E-state index >= 15 is 0 Å². The van der Waals surface area contributed by atoms with Crippen LogP contribution >= 0.6 is 0 Å². The summed E-state index contributed by atoms with van der Waals surface area (Å²) in [6.45, 7) is 3.56. The monoisotopic (exact) mass is 335 g/mol. The molecule has 1 aliphatic heterocycles. The van der Waals surface area contributed by atoms with Gasteiger partial charge in [0.1, 0.15) is 6.61 Å². The van der Waals surface area contributed by atoms with Crippen LogP contribution in [0.2, 0.25) is 0 Å². The summed E-state index contributed by atoms with van der Waals surface area (Å²) in [6, 6.07) is 18.4. The third-order valence-electron chi connectivity index (χ3n) is 4.53. The highest BCUT2D eigenvalue weighted by molar-refractivity contribution is 5.87. The lowest BCUT2D eigenvalue weighted by Crippen LogP contribution is -2.33. The smallest absolute Gasteiger partial charge is 0.330 e. The lowest BCUT2D eigenvalue weighted by atomic mass is 10.0. The first-order valence-electron chi connectivity index (χ1n) is 9.04. The standard InChI is InChI=1S/C22H25NO2/c24-22(25-18-17-23-15-5-2-6-16-23)14-11-19-9-12-21(13-10-19)20-7-3-1-4-8-20/h1,3-4,7-14H,2,5-6,15-18H2/b14-11-. The zero-order chi connectivity index (χ0) is 17.3. The minimum Gasteiger partial charge on any atom is -0.461 e. The second kappa shape index (κ2) is 9.19. The molecule has 0 N–H and O–H groups in total. The van der Waals surface area contributed by atoms with Crippen LogP contribution in [-0.4, -0.2) is 37.1 Å². The lowest BCUT2D eigenvalue weighted by molar-refractivity contribution is -0.138. The van der Waals surface area contributed by atoms with Crippen molar-refractivity contribution >= 4 is 12.0 Å². The summed E-state index contributed by atoms with van der Waals surface area (Å²) in [7, 11) is 0. The van der Waals surface area contributed by atoms with Crippen molar-refractivity contribution in [2.45, 2.75) is 19.3 Å². The van der Waals surface area contributed by atoms with Crippen LogP contribution in [0, 0.1) is 0 Å². The lowest BCUT2D eigenvalue weighted by Gasteiger charge is -2.25. The molecule has 0 bridgehead atoms. The number of piperidine rings is 1. The Morgan fingerprint density at radius 3 is 2.32 bits per heavy atom. The van der Waals surface area contributed by atoms with Crippen LogP contribution in [0.3, 0.4) is 0 Å². The number of nitrogens with zero attached hydrogens (tertiary/aromatic N) is 1. The molecule has 3 rings (SSSR count). The maximum atomic E-state index is 11.8. The number of benzene rings is 2. The number of hydrogen-bond acceptors (Lipinski definition) is 3. The minimum atomic E-state index is -0.274. The fraction of sp³-hybridized carbons (Fsp3) is 0.318. The molecule has 0 atom stereocenters. The van der Waals surface area contributed by atoms with Crippen LogP contribution < -0.4 is 0 Å². The van der Waals surface area contributed by atoms with E-state index in [-0.39, 0.29) is 5.97 Å². The molecule has 3 nitrogen and oxygen atoms in total. The SMILES string of the molecule is O=C(/C=C\c1ccc(-c2ccccc2)cc1)OCCN1CCCCC1. The van der Waals surface area contributed by atoms with Gasteiger partial charge in [0.25, 0.3) is 0 Å². The first-order valence-corrected chi connectivity index (χ1v) is 9.04. The van der Waals surface area contributed by atoms with E-state index in [4.69, 9.17) is 4.74 Å². The van der Waals surface area contributed by atoms with E-state index in [9.17, 15) is 4.79 Å². The van der Waals surface area contributed by atoms with Gasteiger partial charge in [-0.05, 0) is 48.7 Å². The largest absolute Gasteiger partial charge is 0.461 e. The van der Waals surface area contributed by atoms with Gasteiger partial charge in [0, 0.05) is 12.6 Å². The molecule has 0 saturated carbocycles. The second-order valence-corrected chi connectivity index (χ2v) is 6.39. The van der Waals surface area contributed by atoms with Crippen LogP contribution in [0.15, 0.2) is 60.7 Å². The number of carbonyl (C=O) groups excluding carboxylic acids is 1. The predicted molar refractivity (Wildman–Crippen MR) is 102 cm³/mol. The third-order valence-corrected chi connectivity index (χ3v) is 4.53. The fourth-order valence-electron chi connectivity index (χ4n) is 3.09. The van der Waals surface area contributed by atoms with E-state index < -0.39 is 0 Å². The van der Waals surface area contributed by atoms with E-state index in [0.29, 0.717) is 6.61 Å². The first-order chi connectivity index (χ1) is 12.3. The summed E-state index contributed by atoms with van der Waals surface area (Å²) in [5.41, 5.74) is 3.35. The van der Waals surface area contributed by atoms with Gasteiger partial charge in [-0.25, -0.2) is 4.79 Å². The zero-order valence-electron chi connectivity index (χ0n) is 14.6. The summed E-state index contributed by atoms with van der Waals surface area (Å²) >= 11 is 0. The number of rotatable bonds is 6. The van der Waals surface area contributed by atoms with Crippen molar-refractivity contribution in [2.75, 3.05) is 26.2 Å². The van der Waals surface area contributed by atoms with Crippen molar-refractivity contribution in [1.82, 2.24) is 4.90 Å². The van der Waals surface area contributed by atoms with Crippen molar-refractivity contribution in [3.8, 4) is 11.1 Å². The Labute approximate surface area is 149 Å². The third kappa shape index (κ3) is 5.57. The molecular weight excluding hydrogens is 310 g/mol. The Morgan fingerprint density at radius 2 is 1.60 bits per heavy atom. The first kappa shape index (κ1) is 17.4. The molecule has 25 heavy (non-hydrogen) atoms. The number of hydrogen-bond donors (Lipinski definition) is 0. The molecule has 0 radical (unpaired) electrons. The average Bonchev–Trinajstić information content (AvgIpc) is 2.68. The van der Waals surface area contributed by atoms with Gasteiger partial charge in [-0.1, -0.05) is 61.0 Å². The highest BCUT2D eigenvalue weighted by Gasteiger charge is 2.09. The summed E-state index contributed by atoms with van der Waals surface area (Å²) in [5.74, 6) is -0.274. The molecule has 2 aromatic rings. The highest BCUT2D eigenvalue weighted by atomic mass is 16.5. The van der Waals surface area contributed by atoms with Crippen LogP contribution in [-0.2, 0) is 9.53 Å². The van der Waals surface area contributed by atoms with Gasteiger partial charge >= 0.3 is 5.97 Å². The molecule has 1 saturated heterocycles. The Balaban J connectivity index is 1.45. The van der Waals surface area contributed by atoms with E-state index in [0.717, 1.165) is 25.2 Å². The van der Waals surface area contributed by atoms with Crippen LogP contribution in [0.4, 0.5) is 0 Å². The van der Waals surface area contributed by atoms with Crippen LogP contribution in [0.25, 0.3) is 17.2 Å². The van der Waals surface area contributed by atoms with Crippen molar-refractivity contribution in [1.29, 1.82) is 0 Å². The van der Waals surface area contributed by atoms with Gasteiger partial charge in [0.05, 0.1) is 0 Å². The molecule has 1 heterocycles. The molecule has 2 aromatic carbocycles. The molecule has 130 valence electrons. The maximum Gasteiger partial charge on any atom is 0.330 e. The van der Waals surface area contributed by atoms with Crippen molar-refractivity contribution in [3.05, 3.63) is 66.2 Å². The number of esters is 1. The molecule has 0 aromatic heterocycles. The Hall–Kier alpha value is -2.39. The minimum absolute atomic E-state index is 0.274. The van der Waals surface area contributed by atoms with Crippen LogP contribution in [0.5, 0.6) is 0 Å². The van der Waals surface area contributed by atoms with E-state index in [1.807, 2.05) is 30.3 Å². The topological polar surface area (TPSA) is 29.5 Å². The summed E-state index contributed by atoms with van der Waals surface area (Å²) in [6.07, 6.45) is 7.15. The average molecular weight is 335 g/mol. The fourth-order valence-corrected chi connectivity index (χ4v) is 3.09. The molecule has 0 unspecified atom stereocenters. The zero-order valence-corrected chi connectivity index (χ0v) is 14.6. The molecule has 3 heteroatoms. The summed E-state index contributed by atoms with van der Waals surface area (Å²) in [4.78, 5) is 14.2. The van der Waals surface area contributed by atoms with Gasteiger partial charge < -0.3 is 4.74 Å². The van der Waals surface area contributed by atoms with E-state index in [2.05, 4.69) is 29.2 Å². The normalized spacial score (nSPS) is 15.4. The Bertz CT molecular complexity index is 686. The predicted octanol–water partition coefficient (Wildman–Crippen LogP) is 4.40. The number of ether oxygens (including phenoxy) is 1. The van der Waals surface area contributed by atoms with Gasteiger partial charge in [0.15, 0.2) is 0 Å². The molecule has 0 spiro atoms. The Morgan fingerprint density at radius 1 is 0.920 bits per heavy atom. The highest BCUT2D eigenvalue weighted by Crippen LogP contribution is 2.19. The Kier molecular flexibility index (Phi) is 6.41. The van der Waals surface area contributed by atoms with Crippen LogP contribution in [0.1, 0.15) is 24.8 Å². The van der Waals surface area contributed by atoms with E-state index in [1.165, 1.54) is 36.5 Å². The molecule has 0 amide bonds. The van der Waals surface area contributed by atoms with Gasteiger partial charge in [-0.15, -0.1) is 0 Å². The molecule has 0 aliphatic carbocycles. The quantitative estimate of drug-likeness (QED) is 0.579. The molecule has 1 aliphatic rings. The van der Waals surface area contributed by atoms with Gasteiger partial charge in [0.2, 0.25) is 0 Å². The summed E-state index contributed by atoms with van der Waals surface area (Å²) < 4.78 is 5.29. The van der Waals surface area contributed by atoms with Gasteiger partial charge in [-0.2, -0.15) is 0 Å². The number of likely N-dealkylation sites (tertiary alicyclic amines) is 1.